The minimum absolute atomic E-state index is 0.0152. The average molecular weight is 374 g/mol. The maximum absolute atomic E-state index is 11.9. The smallest absolute Gasteiger partial charge is 0.227 e. The minimum Gasteiger partial charge on any atom is -0.372 e. The van der Waals surface area contributed by atoms with E-state index in [2.05, 4.69) is 49.7 Å². The summed E-state index contributed by atoms with van der Waals surface area (Å²) in [6.45, 7) is 7.46. The first-order valence-electron chi connectivity index (χ1n) is 9.85. The van der Waals surface area contributed by atoms with Crippen molar-refractivity contribution >= 4 is 17.6 Å². The van der Waals surface area contributed by atoms with Gasteiger partial charge in [0, 0.05) is 53.0 Å². The Kier molecular flexibility index (Phi) is 7.51. The summed E-state index contributed by atoms with van der Waals surface area (Å²) in [5, 5.41) is 6.03. The van der Waals surface area contributed by atoms with Crippen LogP contribution in [0.2, 0.25) is 0 Å². The molecule has 0 spiro atoms. The molecule has 1 aliphatic heterocycles. The predicted molar refractivity (Wildman–Crippen MR) is 113 cm³/mol. The Morgan fingerprint density at radius 1 is 1.19 bits per heavy atom. The molecule has 1 aromatic carbocycles. The maximum atomic E-state index is 11.9. The quantitative estimate of drug-likeness (QED) is 0.594. The van der Waals surface area contributed by atoms with Crippen LogP contribution in [0.3, 0.4) is 0 Å². The van der Waals surface area contributed by atoms with Crippen molar-refractivity contribution in [3.8, 4) is 0 Å². The first kappa shape index (κ1) is 21.1. The molecule has 1 heterocycles. The Balaban J connectivity index is 1.92. The van der Waals surface area contributed by atoms with Crippen molar-refractivity contribution < 1.29 is 4.79 Å². The normalized spacial score (nSPS) is 15.4. The zero-order valence-corrected chi connectivity index (χ0v) is 17.5. The fourth-order valence-electron chi connectivity index (χ4n) is 3.42. The Morgan fingerprint density at radius 3 is 2.37 bits per heavy atom. The van der Waals surface area contributed by atoms with E-state index in [9.17, 15) is 4.79 Å². The third-order valence-corrected chi connectivity index (χ3v) is 5.18. The molecule has 0 unspecified atom stereocenters. The zero-order valence-electron chi connectivity index (χ0n) is 17.5. The number of hydrogen-bond donors (Lipinski definition) is 2. The Morgan fingerprint density at radius 2 is 1.81 bits per heavy atom. The number of benzene rings is 1. The molecule has 1 aromatic rings. The van der Waals surface area contributed by atoms with Gasteiger partial charge in [0.15, 0.2) is 5.96 Å². The van der Waals surface area contributed by atoms with Gasteiger partial charge in [0.2, 0.25) is 5.91 Å². The van der Waals surface area contributed by atoms with E-state index >= 15 is 0 Å². The van der Waals surface area contributed by atoms with E-state index in [0.29, 0.717) is 6.54 Å². The Labute approximate surface area is 164 Å². The van der Waals surface area contributed by atoms with Gasteiger partial charge < -0.3 is 20.4 Å². The Bertz CT molecular complexity index is 632. The highest BCUT2D eigenvalue weighted by molar-refractivity contribution is 5.84. The topological polar surface area (TPSA) is 60.0 Å². The fourth-order valence-corrected chi connectivity index (χ4v) is 3.42. The molecule has 0 aliphatic carbocycles. The summed E-state index contributed by atoms with van der Waals surface area (Å²) in [5.41, 5.74) is 2.06. The highest BCUT2D eigenvalue weighted by Crippen LogP contribution is 2.20. The van der Waals surface area contributed by atoms with Gasteiger partial charge in [-0.05, 0) is 50.8 Å². The fraction of sp³-hybridized carbons (Fsp3) is 0.619. The zero-order chi connectivity index (χ0) is 19.9. The number of piperidine rings is 1. The van der Waals surface area contributed by atoms with Crippen LogP contribution < -0.4 is 15.5 Å². The van der Waals surface area contributed by atoms with E-state index in [1.54, 1.807) is 14.1 Å². The second kappa shape index (κ2) is 9.62. The van der Waals surface area contributed by atoms with Crippen molar-refractivity contribution in [3.05, 3.63) is 29.8 Å². The van der Waals surface area contributed by atoms with Crippen LogP contribution in [-0.4, -0.2) is 57.5 Å². The lowest BCUT2D eigenvalue weighted by molar-refractivity contribution is -0.128. The molecular weight excluding hydrogens is 338 g/mol. The summed E-state index contributed by atoms with van der Waals surface area (Å²) in [6.07, 6.45) is 3.93. The van der Waals surface area contributed by atoms with Crippen LogP contribution in [0.4, 0.5) is 5.69 Å². The van der Waals surface area contributed by atoms with E-state index < -0.39 is 5.41 Å². The number of hydrogen-bond acceptors (Lipinski definition) is 3. The predicted octanol–water partition coefficient (Wildman–Crippen LogP) is 2.46. The van der Waals surface area contributed by atoms with Crippen molar-refractivity contribution in [1.82, 2.24) is 15.5 Å². The van der Waals surface area contributed by atoms with Crippen LogP contribution >= 0.6 is 0 Å². The number of aliphatic imine (C=N–C) groups is 1. The number of amides is 1. The van der Waals surface area contributed by atoms with Gasteiger partial charge in [0.25, 0.3) is 0 Å². The molecule has 27 heavy (non-hydrogen) atoms. The number of nitrogens with zero attached hydrogens (tertiary/aromatic N) is 3. The van der Waals surface area contributed by atoms with Gasteiger partial charge in [-0.25, -0.2) is 0 Å². The van der Waals surface area contributed by atoms with Crippen LogP contribution in [0.1, 0.15) is 38.7 Å². The summed E-state index contributed by atoms with van der Waals surface area (Å²) in [7, 11) is 5.45. The van der Waals surface area contributed by atoms with Crippen molar-refractivity contribution in [3.63, 3.8) is 0 Å². The highest BCUT2D eigenvalue weighted by atomic mass is 16.2. The first-order valence-corrected chi connectivity index (χ1v) is 9.85. The number of carbonyl (C=O) groups excluding carboxylic acids is 1. The lowest BCUT2D eigenvalue weighted by Crippen LogP contribution is -2.47. The second-order valence-corrected chi connectivity index (χ2v) is 7.93. The minimum atomic E-state index is -0.498. The van der Waals surface area contributed by atoms with Gasteiger partial charge in [0.05, 0.1) is 5.41 Å². The molecular formula is C21H35N5O. The molecule has 0 saturated carbocycles. The number of carbonyl (C=O) groups is 1. The first-order chi connectivity index (χ1) is 12.9. The standard InChI is InChI=1S/C21H35N5O/c1-21(2,19(27)22-3)16-24-20(23-4)25(5)15-17-9-11-18(12-10-17)26-13-7-6-8-14-26/h9-12H,6-8,13-16H2,1-5H3,(H,22,27)(H,23,24). The van der Waals surface area contributed by atoms with Gasteiger partial charge in [-0.2, -0.15) is 0 Å². The van der Waals surface area contributed by atoms with Crippen molar-refractivity contribution in [2.24, 2.45) is 10.4 Å². The van der Waals surface area contributed by atoms with Crippen LogP contribution in [-0.2, 0) is 11.3 Å². The van der Waals surface area contributed by atoms with Crippen LogP contribution in [0.25, 0.3) is 0 Å². The molecule has 0 radical (unpaired) electrons. The second-order valence-electron chi connectivity index (χ2n) is 7.93. The van der Waals surface area contributed by atoms with Crippen LogP contribution in [0.15, 0.2) is 29.3 Å². The molecule has 1 saturated heterocycles. The van der Waals surface area contributed by atoms with Gasteiger partial charge in [-0.1, -0.05) is 12.1 Å². The number of rotatable bonds is 6. The number of nitrogens with one attached hydrogen (secondary N) is 2. The summed E-state index contributed by atoms with van der Waals surface area (Å²) in [4.78, 5) is 20.9. The van der Waals surface area contributed by atoms with E-state index in [-0.39, 0.29) is 5.91 Å². The van der Waals surface area contributed by atoms with Crippen molar-refractivity contribution in [2.45, 2.75) is 39.7 Å². The SMILES string of the molecule is CN=C(NCC(C)(C)C(=O)NC)N(C)Cc1ccc(N2CCCCC2)cc1. The summed E-state index contributed by atoms with van der Waals surface area (Å²) < 4.78 is 0. The number of anilines is 1. The van der Waals surface area contributed by atoms with E-state index in [4.69, 9.17) is 0 Å². The molecule has 0 atom stereocenters. The Hall–Kier alpha value is -2.24. The molecule has 1 amide bonds. The van der Waals surface area contributed by atoms with Gasteiger partial charge in [0.1, 0.15) is 0 Å². The largest absolute Gasteiger partial charge is 0.372 e. The maximum Gasteiger partial charge on any atom is 0.227 e. The third kappa shape index (κ3) is 5.88. The molecule has 2 N–H and O–H groups in total. The molecule has 6 nitrogen and oxygen atoms in total. The molecule has 1 fully saturated rings. The van der Waals surface area contributed by atoms with Gasteiger partial charge >= 0.3 is 0 Å². The average Bonchev–Trinajstić information content (AvgIpc) is 2.69. The van der Waals surface area contributed by atoms with E-state index in [1.165, 1.54) is 30.5 Å². The molecule has 0 bridgehead atoms. The van der Waals surface area contributed by atoms with E-state index in [0.717, 1.165) is 25.6 Å². The van der Waals surface area contributed by atoms with Gasteiger partial charge in [-0.15, -0.1) is 0 Å². The van der Waals surface area contributed by atoms with Crippen LogP contribution in [0, 0.1) is 5.41 Å². The summed E-state index contributed by atoms with van der Waals surface area (Å²) in [6, 6.07) is 8.84. The van der Waals surface area contributed by atoms with Crippen LogP contribution in [0.5, 0.6) is 0 Å². The molecule has 2 rings (SSSR count). The monoisotopic (exact) mass is 373 g/mol. The lowest BCUT2D eigenvalue weighted by atomic mass is 9.92. The summed E-state index contributed by atoms with van der Waals surface area (Å²) >= 11 is 0. The van der Waals surface area contributed by atoms with E-state index in [1.807, 2.05) is 20.9 Å². The third-order valence-electron chi connectivity index (χ3n) is 5.18. The lowest BCUT2D eigenvalue weighted by Gasteiger charge is -2.29. The summed E-state index contributed by atoms with van der Waals surface area (Å²) in [5.74, 6) is 0.800. The van der Waals surface area contributed by atoms with Crippen molar-refractivity contribution in [2.75, 3.05) is 45.7 Å². The molecule has 6 heteroatoms. The highest BCUT2D eigenvalue weighted by Gasteiger charge is 2.27. The van der Waals surface area contributed by atoms with Gasteiger partial charge in [-0.3, -0.25) is 9.79 Å². The molecule has 150 valence electrons. The molecule has 0 aromatic heterocycles. The van der Waals surface area contributed by atoms with Crippen molar-refractivity contribution in [1.29, 1.82) is 0 Å². The molecule has 1 aliphatic rings. The number of guanidine groups is 1.